The number of fused-ring (bicyclic) bond motifs is 5. The van der Waals surface area contributed by atoms with Crippen molar-refractivity contribution in [2.45, 2.75) is 92.1 Å². The Bertz CT molecular complexity index is 595. The van der Waals surface area contributed by atoms with Crippen molar-refractivity contribution < 1.29 is 9.84 Å². The van der Waals surface area contributed by atoms with Crippen LogP contribution in [0, 0.1) is 46.3 Å². The first-order valence-electron chi connectivity index (χ1n) is 12.2. The van der Waals surface area contributed by atoms with Crippen molar-refractivity contribution >= 4 is 0 Å². The van der Waals surface area contributed by atoms with Crippen molar-refractivity contribution in [3.8, 4) is 0 Å². The Balaban J connectivity index is 1.48. The number of allylic oxidation sites excluding steroid dienone is 1. The second-order valence-corrected chi connectivity index (χ2v) is 11.7. The van der Waals surface area contributed by atoms with Gasteiger partial charge in [0, 0.05) is 6.61 Å². The van der Waals surface area contributed by atoms with Crippen molar-refractivity contribution in [2.24, 2.45) is 46.3 Å². The van der Waals surface area contributed by atoms with Gasteiger partial charge in [-0.25, -0.2) is 0 Å². The van der Waals surface area contributed by atoms with E-state index in [9.17, 15) is 5.11 Å². The van der Waals surface area contributed by atoms with Crippen LogP contribution < -0.4 is 0 Å². The van der Waals surface area contributed by atoms with E-state index in [-0.39, 0.29) is 6.10 Å². The van der Waals surface area contributed by atoms with Crippen LogP contribution in [0.5, 0.6) is 0 Å². The number of aliphatic hydroxyl groups excluding tert-OH is 1. The maximum atomic E-state index is 10.3. The van der Waals surface area contributed by atoms with Crippen LogP contribution in [0.1, 0.15) is 86.0 Å². The molecule has 3 aliphatic carbocycles. The van der Waals surface area contributed by atoms with E-state index in [0.29, 0.717) is 16.7 Å². The van der Waals surface area contributed by atoms with Gasteiger partial charge in [0.25, 0.3) is 0 Å². The molecule has 4 rings (SSSR count). The van der Waals surface area contributed by atoms with Gasteiger partial charge in [-0.15, -0.1) is 0 Å². The first kappa shape index (κ1) is 20.9. The number of ether oxygens (including phenoxy) is 1. The monoisotopic (exact) mass is 388 g/mol. The highest BCUT2D eigenvalue weighted by molar-refractivity contribution is 5.24. The van der Waals surface area contributed by atoms with Gasteiger partial charge >= 0.3 is 0 Å². The van der Waals surface area contributed by atoms with Gasteiger partial charge in [0.1, 0.15) is 0 Å². The fourth-order valence-corrected chi connectivity index (χ4v) is 8.14. The molecular formula is C26H44O2. The number of hydrogen-bond donors (Lipinski definition) is 1. The fourth-order valence-electron chi connectivity index (χ4n) is 8.14. The third-order valence-corrected chi connectivity index (χ3v) is 10.1. The molecule has 1 saturated heterocycles. The minimum absolute atomic E-state index is 0.126. The van der Waals surface area contributed by atoms with Crippen LogP contribution in [0.15, 0.2) is 11.6 Å². The van der Waals surface area contributed by atoms with Crippen LogP contribution in [0.3, 0.4) is 0 Å². The summed E-state index contributed by atoms with van der Waals surface area (Å²) in [5.41, 5.74) is 2.55. The second-order valence-electron chi connectivity index (χ2n) is 11.7. The molecule has 8 atom stereocenters. The minimum Gasteiger partial charge on any atom is -0.393 e. The van der Waals surface area contributed by atoms with Crippen molar-refractivity contribution in [3.05, 3.63) is 11.6 Å². The molecule has 160 valence electrons. The van der Waals surface area contributed by atoms with Gasteiger partial charge in [-0.3, -0.25) is 0 Å². The van der Waals surface area contributed by atoms with E-state index < -0.39 is 0 Å². The third kappa shape index (κ3) is 3.31. The zero-order valence-corrected chi connectivity index (χ0v) is 19.0. The quantitative estimate of drug-likeness (QED) is 0.565. The number of hydrogen-bond acceptors (Lipinski definition) is 2. The smallest absolute Gasteiger partial charge is 0.0682 e. The Labute approximate surface area is 173 Å². The van der Waals surface area contributed by atoms with E-state index in [0.717, 1.165) is 49.2 Å². The molecule has 28 heavy (non-hydrogen) atoms. The molecule has 0 bridgehead atoms. The minimum atomic E-state index is -0.126. The van der Waals surface area contributed by atoms with Crippen molar-refractivity contribution in [1.29, 1.82) is 0 Å². The molecule has 2 heteroatoms. The molecule has 1 N–H and O–H groups in total. The molecule has 1 heterocycles. The maximum absolute atomic E-state index is 10.3. The number of rotatable bonds is 5. The summed E-state index contributed by atoms with van der Waals surface area (Å²) in [7, 11) is 0. The molecular weight excluding hydrogens is 344 g/mol. The maximum Gasteiger partial charge on any atom is 0.0682 e. The van der Waals surface area contributed by atoms with E-state index in [4.69, 9.17) is 4.74 Å². The molecule has 0 aromatic heterocycles. The van der Waals surface area contributed by atoms with Gasteiger partial charge in [-0.2, -0.15) is 0 Å². The van der Waals surface area contributed by atoms with Crippen molar-refractivity contribution in [2.75, 3.05) is 13.2 Å². The molecule has 0 aromatic carbocycles. The van der Waals surface area contributed by atoms with E-state index in [1.165, 1.54) is 44.9 Å². The summed E-state index contributed by atoms with van der Waals surface area (Å²) in [6, 6.07) is 0. The number of aliphatic hydroxyl groups is 1. The molecule has 3 fully saturated rings. The Hall–Kier alpha value is -0.340. The summed E-state index contributed by atoms with van der Waals surface area (Å²) in [6.07, 6.45) is 12.9. The van der Waals surface area contributed by atoms with Gasteiger partial charge in [-0.05, 0) is 103 Å². The standard InChI is InChI=1S/C26H44O2/c1-17(2)24(27)11-6-18(3)21-9-10-22-20-8-7-19-16-28-15-14-25(19,4)23(20)12-13-26(21,22)5/h7,17-18,20-24,27H,6,8-16H2,1-5H3/t18-,20+,21-,22+,23+,24?,25+,26-/m1/s1. The Morgan fingerprint density at radius 2 is 1.86 bits per heavy atom. The molecule has 0 aromatic rings. The van der Waals surface area contributed by atoms with Gasteiger partial charge in [0.15, 0.2) is 0 Å². The highest BCUT2D eigenvalue weighted by atomic mass is 16.5. The van der Waals surface area contributed by atoms with Crippen LogP contribution >= 0.6 is 0 Å². The third-order valence-electron chi connectivity index (χ3n) is 10.1. The van der Waals surface area contributed by atoms with E-state index >= 15 is 0 Å². The SMILES string of the molecule is CC(C)C(O)CC[C@@H](C)[C@H]1CC[C@H]2[C@@H]3CC=C4COCC[C@]4(C)[C@H]3CC[C@]12C. The molecule has 2 nitrogen and oxygen atoms in total. The molecule has 1 unspecified atom stereocenters. The van der Waals surface area contributed by atoms with Gasteiger partial charge in [0.05, 0.1) is 12.7 Å². The fraction of sp³-hybridized carbons (Fsp3) is 0.923. The van der Waals surface area contributed by atoms with Gasteiger partial charge < -0.3 is 9.84 Å². The molecule has 0 radical (unpaired) electrons. The largest absolute Gasteiger partial charge is 0.393 e. The molecule has 4 aliphatic rings. The van der Waals surface area contributed by atoms with E-state index in [1.54, 1.807) is 5.57 Å². The summed E-state index contributed by atoms with van der Waals surface area (Å²) in [5, 5.41) is 10.3. The Morgan fingerprint density at radius 1 is 1.07 bits per heavy atom. The highest BCUT2D eigenvalue weighted by Crippen LogP contribution is 2.66. The summed E-state index contributed by atoms with van der Waals surface area (Å²) in [4.78, 5) is 0. The lowest BCUT2D eigenvalue weighted by Crippen LogP contribution is -2.51. The predicted molar refractivity (Wildman–Crippen MR) is 116 cm³/mol. The summed E-state index contributed by atoms with van der Waals surface area (Å²) in [6.45, 7) is 13.8. The average Bonchev–Trinajstić information content (AvgIpc) is 3.02. The summed E-state index contributed by atoms with van der Waals surface area (Å²) >= 11 is 0. The van der Waals surface area contributed by atoms with E-state index in [1.807, 2.05) is 0 Å². The highest BCUT2D eigenvalue weighted by Gasteiger charge is 2.58. The Morgan fingerprint density at radius 3 is 2.61 bits per heavy atom. The van der Waals surface area contributed by atoms with Crippen LogP contribution in [-0.2, 0) is 4.74 Å². The molecule has 1 aliphatic heterocycles. The summed E-state index contributed by atoms with van der Waals surface area (Å²) < 4.78 is 5.81. The second kappa shape index (κ2) is 7.73. The first-order chi connectivity index (χ1) is 13.3. The molecule has 0 amide bonds. The zero-order valence-electron chi connectivity index (χ0n) is 19.0. The van der Waals surface area contributed by atoms with Gasteiger partial charge in [-0.1, -0.05) is 40.7 Å². The van der Waals surface area contributed by atoms with Crippen LogP contribution in [0.2, 0.25) is 0 Å². The lowest BCUT2D eigenvalue weighted by molar-refractivity contribution is -0.0677. The zero-order chi connectivity index (χ0) is 20.1. The Kier molecular flexibility index (Phi) is 5.77. The molecule has 2 saturated carbocycles. The van der Waals surface area contributed by atoms with Crippen molar-refractivity contribution in [3.63, 3.8) is 0 Å². The average molecular weight is 389 g/mol. The lowest BCUT2D eigenvalue weighted by Gasteiger charge is -2.58. The van der Waals surface area contributed by atoms with Crippen LogP contribution in [-0.4, -0.2) is 24.4 Å². The lowest BCUT2D eigenvalue weighted by atomic mass is 9.48. The van der Waals surface area contributed by atoms with Gasteiger partial charge in [0.2, 0.25) is 0 Å². The topological polar surface area (TPSA) is 29.5 Å². The van der Waals surface area contributed by atoms with E-state index in [2.05, 4.69) is 40.7 Å². The summed E-state index contributed by atoms with van der Waals surface area (Å²) in [5.74, 6) is 4.67. The predicted octanol–water partition coefficient (Wildman–Crippen LogP) is 6.24. The molecule has 0 spiro atoms. The van der Waals surface area contributed by atoms with Crippen molar-refractivity contribution in [1.82, 2.24) is 0 Å². The van der Waals surface area contributed by atoms with Crippen LogP contribution in [0.25, 0.3) is 0 Å². The normalized spacial score (nSPS) is 45.0. The van der Waals surface area contributed by atoms with Crippen LogP contribution in [0.4, 0.5) is 0 Å². The first-order valence-corrected chi connectivity index (χ1v) is 12.2.